The predicted octanol–water partition coefficient (Wildman–Crippen LogP) is 3.72. The summed E-state index contributed by atoms with van der Waals surface area (Å²) in [6.07, 6.45) is 1.80. The first-order valence-corrected chi connectivity index (χ1v) is 10.1. The summed E-state index contributed by atoms with van der Waals surface area (Å²) >= 11 is 2.70. The maximum atomic E-state index is 12.5. The molecule has 140 valence electrons. The minimum absolute atomic E-state index is 0.151. The van der Waals surface area contributed by atoms with Gasteiger partial charge in [0.25, 0.3) is 0 Å². The Hall–Kier alpha value is -2.52. The number of nitrogens with one attached hydrogen (secondary N) is 1. The van der Waals surface area contributed by atoms with Gasteiger partial charge in [0.05, 0.1) is 5.25 Å². The van der Waals surface area contributed by atoms with E-state index in [0.29, 0.717) is 16.8 Å². The first kappa shape index (κ1) is 19.2. The number of thioether (sulfide) groups is 1. The largest absolute Gasteiger partial charge is 0.300 e. The molecule has 2 heterocycles. The Morgan fingerprint density at radius 1 is 1.30 bits per heavy atom. The van der Waals surface area contributed by atoms with Crippen molar-refractivity contribution < 1.29 is 4.79 Å². The molecule has 0 radical (unpaired) electrons. The molecule has 0 aliphatic carbocycles. The van der Waals surface area contributed by atoms with Gasteiger partial charge >= 0.3 is 0 Å². The fraction of sp³-hybridized carbons (Fsp3) is 0.278. The lowest BCUT2D eigenvalue weighted by Gasteiger charge is -2.12. The topological polar surface area (TPSA) is 85.6 Å². The third-order valence-corrected chi connectivity index (χ3v) is 5.66. The second kappa shape index (κ2) is 8.45. The molecular weight excluding hydrogens is 380 g/mol. The van der Waals surface area contributed by atoms with Crippen molar-refractivity contribution in [3.05, 3.63) is 47.5 Å². The van der Waals surface area contributed by atoms with Crippen molar-refractivity contribution in [1.29, 1.82) is 0 Å². The number of hydrogen-bond donors (Lipinski definition) is 1. The minimum atomic E-state index is -0.369. The molecule has 27 heavy (non-hydrogen) atoms. The smallest absolute Gasteiger partial charge is 0.239 e. The van der Waals surface area contributed by atoms with Crippen LogP contribution in [0, 0.1) is 13.8 Å². The summed E-state index contributed by atoms with van der Waals surface area (Å²) in [5, 5.41) is 20.9. The number of carbonyl (C=O) groups is 1. The SMILES string of the molecule is C=CCn1c(S[C@H](C)C(=O)Nc2nnc(C)s2)nnc1-c1ccccc1C. The van der Waals surface area contributed by atoms with Crippen LogP contribution in [0.4, 0.5) is 5.13 Å². The molecule has 7 nitrogen and oxygen atoms in total. The molecule has 9 heteroatoms. The van der Waals surface area contributed by atoms with Crippen molar-refractivity contribution in [2.75, 3.05) is 5.32 Å². The van der Waals surface area contributed by atoms with Gasteiger partial charge in [0.2, 0.25) is 11.0 Å². The lowest BCUT2D eigenvalue weighted by molar-refractivity contribution is -0.115. The van der Waals surface area contributed by atoms with Gasteiger partial charge in [-0.1, -0.05) is 53.4 Å². The Kier molecular flexibility index (Phi) is 6.02. The van der Waals surface area contributed by atoms with E-state index < -0.39 is 0 Å². The monoisotopic (exact) mass is 400 g/mol. The fourth-order valence-electron chi connectivity index (χ4n) is 2.46. The summed E-state index contributed by atoms with van der Waals surface area (Å²) in [5.74, 6) is 0.615. The molecule has 0 fully saturated rings. The van der Waals surface area contributed by atoms with Gasteiger partial charge in [-0.3, -0.25) is 14.7 Å². The number of benzene rings is 1. The highest BCUT2D eigenvalue weighted by Crippen LogP contribution is 2.29. The molecule has 2 aromatic heterocycles. The van der Waals surface area contributed by atoms with E-state index in [9.17, 15) is 4.79 Å². The average molecular weight is 401 g/mol. The molecular formula is C18H20N6OS2. The molecule has 1 aromatic carbocycles. The highest BCUT2D eigenvalue weighted by Gasteiger charge is 2.21. The van der Waals surface area contributed by atoms with Crippen LogP contribution in [-0.4, -0.2) is 36.1 Å². The third-order valence-electron chi connectivity index (χ3n) is 3.82. The van der Waals surface area contributed by atoms with Crippen molar-refractivity contribution in [2.45, 2.75) is 37.7 Å². The molecule has 1 amide bonds. The number of aromatic nitrogens is 5. The van der Waals surface area contributed by atoms with Crippen LogP contribution in [0.1, 0.15) is 17.5 Å². The summed E-state index contributed by atoms with van der Waals surface area (Å²) in [7, 11) is 0. The zero-order chi connectivity index (χ0) is 19.4. The average Bonchev–Trinajstić information content (AvgIpc) is 3.22. The van der Waals surface area contributed by atoms with Gasteiger partial charge in [0.1, 0.15) is 5.01 Å². The molecule has 1 N–H and O–H groups in total. The Labute approximate surface area is 165 Å². The first-order valence-electron chi connectivity index (χ1n) is 8.37. The predicted molar refractivity (Wildman–Crippen MR) is 109 cm³/mol. The second-order valence-electron chi connectivity index (χ2n) is 5.90. The minimum Gasteiger partial charge on any atom is -0.300 e. The normalized spacial score (nSPS) is 12.0. The van der Waals surface area contributed by atoms with Gasteiger partial charge in [0, 0.05) is 12.1 Å². The molecule has 0 unspecified atom stereocenters. The standard InChI is InChI=1S/C18H20N6OS2/c1-5-10-24-15(14-9-7-6-8-11(14)2)21-23-18(24)26-12(3)16(25)19-17-22-20-13(4)27-17/h5-9,12H,1,10H2,2-4H3,(H,19,22,25)/t12-/m1/s1. The summed E-state index contributed by atoms with van der Waals surface area (Å²) in [5.41, 5.74) is 2.13. The number of anilines is 1. The molecule has 0 bridgehead atoms. The van der Waals surface area contributed by atoms with Gasteiger partial charge in [-0.25, -0.2) is 0 Å². The van der Waals surface area contributed by atoms with Crippen LogP contribution in [0.3, 0.4) is 0 Å². The Morgan fingerprint density at radius 2 is 2.07 bits per heavy atom. The molecule has 0 saturated carbocycles. The van der Waals surface area contributed by atoms with E-state index in [1.807, 2.05) is 49.6 Å². The van der Waals surface area contributed by atoms with Gasteiger partial charge in [-0.2, -0.15) is 0 Å². The van der Waals surface area contributed by atoms with E-state index in [-0.39, 0.29) is 11.2 Å². The number of amides is 1. The van der Waals surface area contributed by atoms with Crippen LogP contribution >= 0.6 is 23.1 Å². The van der Waals surface area contributed by atoms with E-state index in [0.717, 1.165) is 22.0 Å². The molecule has 3 aromatic rings. The van der Waals surface area contributed by atoms with E-state index in [2.05, 4.69) is 32.3 Å². The third kappa shape index (κ3) is 4.42. The molecule has 0 spiro atoms. The van der Waals surface area contributed by atoms with Gasteiger partial charge in [-0.05, 0) is 26.3 Å². The summed E-state index contributed by atoms with van der Waals surface area (Å²) in [6, 6.07) is 8.02. The maximum Gasteiger partial charge on any atom is 0.239 e. The summed E-state index contributed by atoms with van der Waals surface area (Å²) in [4.78, 5) is 12.5. The highest BCUT2D eigenvalue weighted by molar-refractivity contribution is 8.00. The Morgan fingerprint density at radius 3 is 2.74 bits per heavy atom. The molecule has 1 atom stereocenters. The van der Waals surface area contributed by atoms with Crippen molar-refractivity contribution in [2.24, 2.45) is 0 Å². The van der Waals surface area contributed by atoms with Crippen LogP contribution in [0.5, 0.6) is 0 Å². The van der Waals surface area contributed by atoms with E-state index in [4.69, 9.17) is 0 Å². The quantitative estimate of drug-likeness (QED) is 0.481. The maximum absolute atomic E-state index is 12.5. The van der Waals surface area contributed by atoms with Crippen molar-refractivity contribution in [1.82, 2.24) is 25.0 Å². The van der Waals surface area contributed by atoms with Crippen molar-refractivity contribution in [3.8, 4) is 11.4 Å². The number of rotatable bonds is 7. The fourth-order valence-corrected chi connectivity index (χ4v) is 3.91. The second-order valence-corrected chi connectivity index (χ2v) is 8.39. The van der Waals surface area contributed by atoms with Crippen LogP contribution in [0.15, 0.2) is 42.1 Å². The zero-order valence-electron chi connectivity index (χ0n) is 15.3. The van der Waals surface area contributed by atoms with Crippen molar-refractivity contribution >= 4 is 34.1 Å². The lowest BCUT2D eigenvalue weighted by atomic mass is 10.1. The van der Waals surface area contributed by atoms with Crippen LogP contribution in [0.2, 0.25) is 0 Å². The molecule has 0 saturated heterocycles. The van der Waals surface area contributed by atoms with E-state index in [1.165, 1.54) is 23.1 Å². The van der Waals surface area contributed by atoms with E-state index >= 15 is 0 Å². The Bertz CT molecular complexity index is 964. The highest BCUT2D eigenvalue weighted by atomic mass is 32.2. The number of aryl methyl sites for hydroxylation is 2. The number of carbonyl (C=O) groups excluding carboxylic acids is 1. The van der Waals surface area contributed by atoms with Gasteiger partial charge in [-0.15, -0.1) is 27.0 Å². The first-order chi connectivity index (χ1) is 13.0. The number of nitrogens with zero attached hydrogens (tertiary/aromatic N) is 5. The summed E-state index contributed by atoms with van der Waals surface area (Å²) < 4.78 is 1.97. The van der Waals surface area contributed by atoms with Crippen LogP contribution in [-0.2, 0) is 11.3 Å². The lowest BCUT2D eigenvalue weighted by Crippen LogP contribution is -2.22. The van der Waals surface area contributed by atoms with Crippen LogP contribution < -0.4 is 5.32 Å². The zero-order valence-corrected chi connectivity index (χ0v) is 17.0. The molecule has 0 aliphatic heterocycles. The van der Waals surface area contributed by atoms with Crippen molar-refractivity contribution in [3.63, 3.8) is 0 Å². The van der Waals surface area contributed by atoms with Gasteiger partial charge < -0.3 is 0 Å². The van der Waals surface area contributed by atoms with E-state index in [1.54, 1.807) is 6.08 Å². The molecule has 3 rings (SSSR count). The Balaban J connectivity index is 1.81. The number of allylic oxidation sites excluding steroid dienone is 1. The summed E-state index contributed by atoms with van der Waals surface area (Å²) in [6.45, 7) is 10.1. The van der Waals surface area contributed by atoms with Gasteiger partial charge in [0.15, 0.2) is 11.0 Å². The van der Waals surface area contributed by atoms with Crippen LogP contribution in [0.25, 0.3) is 11.4 Å². The number of hydrogen-bond acceptors (Lipinski definition) is 7. The molecule has 0 aliphatic rings.